The Kier molecular flexibility index (Phi) is 9.13. The summed E-state index contributed by atoms with van der Waals surface area (Å²) in [5, 5.41) is 36.6. The fraction of sp³-hybridized carbons (Fsp3) is 0.125. The number of aromatic nitrogens is 8. The molecule has 0 fully saturated rings. The Morgan fingerprint density at radius 3 is 1.79 bits per heavy atom. The van der Waals surface area contributed by atoms with Crippen LogP contribution in [0.5, 0.6) is 0 Å². The van der Waals surface area contributed by atoms with Gasteiger partial charge in [0.2, 0.25) is 11.6 Å². The van der Waals surface area contributed by atoms with Crippen LogP contribution in [0.15, 0.2) is 72.8 Å². The van der Waals surface area contributed by atoms with Crippen LogP contribution in [0.1, 0.15) is 22.3 Å². The zero-order chi connectivity index (χ0) is 24.2. The van der Waals surface area contributed by atoms with Crippen molar-refractivity contribution in [3.8, 4) is 28.8 Å². The van der Waals surface area contributed by atoms with Crippen LogP contribution in [0.2, 0.25) is 0 Å². The number of nitrogens with one attached hydrogen (secondary N) is 2. The minimum absolute atomic E-state index is 0.628. The van der Waals surface area contributed by atoms with Gasteiger partial charge < -0.3 is 0 Å². The van der Waals surface area contributed by atoms with E-state index in [1.54, 1.807) is 6.07 Å². The molecule has 10 heteroatoms. The third kappa shape index (κ3) is 7.43. The van der Waals surface area contributed by atoms with Crippen molar-refractivity contribution in [3.05, 3.63) is 95.1 Å². The van der Waals surface area contributed by atoms with E-state index in [-0.39, 0.29) is 0 Å². The Balaban J connectivity index is 0.000000146. The van der Waals surface area contributed by atoms with Gasteiger partial charge in [-0.05, 0) is 59.7 Å². The minimum Gasteiger partial charge on any atom is -0.192 e. The average molecular weight is 516 g/mol. The lowest BCUT2D eigenvalue weighted by molar-refractivity contribution is 0.881. The number of aromatic amines is 2. The van der Waals surface area contributed by atoms with Crippen molar-refractivity contribution in [2.24, 2.45) is 0 Å². The monoisotopic (exact) mass is 515 g/mol. The van der Waals surface area contributed by atoms with Crippen molar-refractivity contribution in [3.63, 3.8) is 0 Å². The van der Waals surface area contributed by atoms with E-state index in [0.717, 1.165) is 27.6 Å². The van der Waals surface area contributed by atoms with Gasteiger partial charge in [0.05, 0.1) is 11.6 Å². The third-order valence-electron chi connectivity index (χ3n) is 4.45. The quantitative estimate of drug-likeness (QED) is 0.329. The summed E-state index contributed by atoms with van der Waals surface area (Å²) < 4.78 is 0. The first-order chi connectivity index (χ1) is 16.6. The molecule has 0 unspecified atom stereocenters. The van der Waals surface area contributed by atoms with E-state index in [1.807, 2.05) is 80.6 Å². The lowest BCUT2D eigenvalue weighted by atomic mass is 10.1. The van der Waals surface area contributed by atoms with E-state index in [4.69, 9.17) is 5.26 Å². The van der Waals surface area contributed by atoms with E-state index >= 15 is 0 Å². The largest absolute Gasteiger partial charge is 0.204 e. The van der Waals surface area contributed by atoms with E-state index in [0.29, 0.717) is 11.6 Å². The predicted molar refractivity (Wildman–Crippen MR) is 132 cm³/mol. The topological polar surface area (TPSA) is 133 Å². The molecule has 0 spiro atoms. The number of hydrogen-bond acceptors (Lipinski definition) is 7. The van der Waals surface area contributed by atoms with Gasteiger partial charge in [-0.25, -0.2) is 0 Å². The molecular weight excluding hydrogens is 494 g/mol. The van der Waals surface area contributed by atoms with Crippen molar-refractivity contribution in [2.45, 2.75) is 19.2 Å². The number of nitrogens with zero attached hydrogens (tertiary/aromatic N) is 7. The standard InChI is InChI=1S/C8H7BrN4.C8H8N4.C8H7N/c9-5-6-2-1-3-7(4-6)8-10-12-13-11-8;1-6-3-2-4-7(5-6)8-9-11-12-10-8;1-7-3-2-4-8(5-7)6-9/h1-4H,5H2,(H,10,11,12,13);2-5H,1H3,(H,9,10,11,12);2-5H,1H3. The van der Waals surface area contributed by atoms with Gasteiger partial charge >= 0.3 is 0 Å². The molecule has 0 aliphatic heterocycles. The minimum atomic E-state index is 0.628. The maximum atomic E-state index is 8.41. The summed E-state index contributed by atoms with van der Waals surface area (Å²) in [4.78, 5) is 0. The molecule has 3 aromatic carbocycles. The molecular formula is C24H22BrN9. The number of H-pyrrole nitrogens is 2. The number of halogens is 1. The number of rotatable bonds is 3. The predicted octanol–water partition coefficient (Wildman–Crippen LogP) is 4.80. The molecule has 2 N–H and O–H groups in total. The van der Waals surface area contributed by atoms with Gasteiger partial charge in [-0.15, -0.1) is 20.4 Å². The molecule has 0 atom stereocenters. The summed E-state index contributed by atoms with van der Waals surface area (Å²) in [6, 6.07) is 25.6. The van der Waals surface area contributed by atoms with Crippen LogP contribution in [-0.4, -0.2) is 41.2 Å². The van der Waals surface area contributed by atoms with Crippen LogP contribution < -0.4 is 0 Å². The normalized spacial score (nSPS) is 9.71. The van der Waals surface area contributed by atoms with Gasteiger partial charge in [0, 0.05) is 16.5 Å². The lowest BCUT2D eigenvalue weighted by Gasteiger charge is -1.97. The van der Waals surface area contributed by atoms with Gasteiger partial charge in [-0.1, -0.05) is 70.0 Å². The van der Waals surface area contributed by atoms with E-state index in [9.17, 15) is 0 Å². The van der Waals surface area contributed by atoms with Gasteiger partial charge in [-0.2, -0.15) is 15.7 Å². The summed E-state index contributed by atoms with van der Waals surface area (Å²) in [5.74, 6) is 1.27. The van der Waals surface area contributed by atoms with Gasteiger partial charge in [-0.3, -0.25) is 0 Å². The molecule has 0 bridgehead atoms. The van der Waals surface area contributed by atoms with Gasteiger partial charge in [0.25, 0.3) is 0 Å². The number of nitriles is 1. The van der Waals surface area contributed by atoms with Crippen LogP contribution >= 0.6 is 15.9 Å². The zero-order valence-electron chi connectivity index (χ0n) is 18.6. The second-order valence-corrected chi connectivity index (χ2v) is 7.72. The molecule has 170 valence electrons. The molecule has 0 aliphatic rings. The molecule has 0 aliphatic carbocycles. The van der Waals surface area contributed by atoms with E-state index in [2.05, 4.69) is 63.2 Å². The van der Waals surface area contributed by atoms with Crippen LogP contribution in [0.4, 0.5) is 0 Å². The summed E-state index contributed by atoms with van der Waals surface area (Å²) in [6.45, 7) is 4.00. The number of tetrazole rings is 2. The smallest absolute Gasteiger partial charge is 0.192 e. The van der Waals surface area contributed by atoms with Gasteiger partial charge in [0.15, 0.2) is 0 Å². The highest BCUT2D eigenvalue weighted by atomic mass is 79.9. The summed E-state index contributed by atoms with van der Waals surface area (Å²) in [6.07, 6.45) is 0. The first-order valence-electron chi connectivity index (χ1n) is 10.2. The van der Waals surface area contributed by atoms with Crippen molar-refractivity contribution in [1.29, 1.82) is 5.26 Å². The Labute approximate surface area is 205 Å². The molecule has 0 saturated carbocycles. The van der Waals surface area contributed by atoms with Gasteiger partial charge in [0.1, 0.15) is 0 Å². The molecule has 5 rings (SSSR count). The molecule has 5 aromatic rings. The maximum Gasteiger partial charge on any atom is 0.204 e. The molecule has 9 nitrogen and oxygen atoms in total. The fourth-order valence-corrected chi connectivity index (χ4v) is 3.21. The Bertz CT molecular complexity index is 1330. The highest BCUT2D eigenvalue weighted by Crippen LogP contribution is 2.16. The van der Waals surface area contributed by atoms with Crippen LogP contribution in [0, 0.1) is 25.2 Å². The first kappa shape index (κ1) is 24.4. The number of benzene rings is 3. The highest BCUT2D eigenvalue weighted by Gasteiger charge is 2.02. The summed E-state index contributed by atoms with van der Waals surface area (Å²) in [5.41, 5.74) is 6.22. The fourth-order valence-electron chi connectivity index (χ4n) is 2.86. The number of hydrogen-bond donors (Lipinski definition) is 2. The zero-order valence-corrected chi connectivity index (χ0v) is 20.2. The highest BCUT2D eigenvalue weighted by molar-refractivity contribution is 9.08. The summed E-state index contributed by atoms with van der Waals surface area (Å²) >= 11 is 3.39. The van der Waals surface area contributed by atoms with Crippen LogP contribution in [0.25, 0.3) is 22.8 Å². The van der Waals surface area contributed by atoms with E-state index < -0.39 is 0 Å². The van der Waals surface area contributed by atoms with Crippen molar-refractivity contribution in [2.75, 3.05) is 0 Å². The molecule has 0 radical (unpaired) electrons. The lowest BCUT2D eigenvalue weighted by Crippen LogP contribution is -1.83. The molecule has 0 saturated heterocycles. The van der Waals surface area contributed by atoms with Crippen molar-refractivity contribution in [1.82, 2.24) is 41.2 Å². The Morgan fingerprint density at radius 1 is 0.765 bits per heavy atom. The second kappa shape index (κ2) is 12.7. The third-order valence-corrected chi connectivity index (χ3v) is 5.10. The number of aryl methyl sites for hydroxylation is 2. The first-order valence-corrected chi connectivity index (χ1v) is 11.4. The van der Waals surface area contributed by atoms with Crippen LogP contribution in [0.3, 0.4) is 0 Å². The van der Waals surface area contributed by atoms with E-state index in [1.165, 1.54) is 11.1 Å². The van der Waals surface area contributed by atoms with Crippen molar-refractivity contribution < 1.29 is 0 Å². The number of alkyl halides is 1. The molecule has 0 amide bonds. The summed E-state index contributed by atoms with van der Waals surface area (Å²) in [7, 11) is 0. The molecule has 2 aromatic heterocycles. The Hall–Kier alpha value is -4.23. The SMILES string of the molecule is BrCc1cccc(-c2nn[nH]n2)c1.Cc1cccc(-c2nn[nH]n2)c1.Cc1cccc(C#N)c1. The molecule has 34 heavy (non-hydrogen) atoms. The second-order valence-electron chi connectivity index (χ2n) is 7.16. The van der Waals surface area contributed by atoms with Crippen molar-refractivity contribution >= 4 is 15.9 Å². The maximum absolute atomic E-state index is 8.41. The Morgan fingerprint density at radius 2 is 1.32 bits per heavy atom. The van der Waals surface area contributed by atoms with Crippen LogP contribution in [-0.2, 0) is 5.33 Å². The average Bonchev–Trinajstić information content (AvgIpc) is 3.60. The molecule has 2 heterocycles.